The summed E-state index contributed by atoms with van der Waals surface area (Å²) in [7, 11) is 0. The number of hydrogen-bond acceptors (Lipinski definition) is 1. The molecule has 1 fully saturated rings. The number of hydrogen-bond donors (Lipinski definition) is 1. The van der Waals surface area contributed by atoms with Gasteiger partial charge >= 0.3 is 0 Å². The van der Waals surface area contributed by atoms with Gasteiger partial charge in [0.15, 0.2) is 0 Å². The molecule has 1 aliphatic carbocycles. The number of rotatable bonds is 1. The van der Waals surface area contributed by atoms with Crippen LogP contribution in [0.15, 0.2) is 18.2 Å². The molecule has 82 valence electrons. The quantitative estimate of drug-likeness (QED) is 0.752. The van der Waals surface area contributed by atoms with E-state index in [0.29, 0.717) is 5.56 Å². The average molecular weight is 208 g/mol. The Labute approximate surface area is 89.9 Å². The third-order valence-corrected chi connectivity index (χ3v) is 3.58. The maximum Gasteiger partial charge on any atom is 0.126 e. The molecule has 2 heteroatoms. The van der Waals surface area contributed by atoms with Crippen LogP contribution in [0.2, 0.25) is 0 Å². The van der Waals surface area contributed by atoms with Crippen molar-refractivity contribution in [2.45, 2.75) is 44.6 Å². The van der Waals surface area contributed by atoms with Gasteiger partial charge in [0.1, 0.15) is 5.82 Å². The first-order valence-corrected chi connectivity index (χ1v) is 5.46. The highest BCUT2D eigenvalue weighted by Crippen LogP contribution is 2.41. The molecule has 1 N–H and O–H groups in total. The van der Waals surface area contributed by atoms with E-state index in [1.807, 2.05) is 12.1 Å². The Balaban J connectivity index is 2.33. The third-order valence-electron chi connectivity index (χ3n) is 3.58. The van der Waals surface area contributed by atoms with Gasteiger partial charge in [-0.2, -0.15) is 0 Å². The second kappa shape index (κ2) is 3.60. The fourth-order valence-electron chi connectivity index (χ4n) is 2.44. The van der Waals surface area contributed by atoms with Crippen molar-refractivity contribution in [3.05, 3.63) is 35.1 Å². The minimum Gasteiger partial charge on any atom is -0.393 e. The lowest BCUT2D eigenvalue weighted by molar-refractivity contribution is 0.175. The molecule has 15 heavy (non-hydrogen) atoms. The van der Waals surface area contributed by atoms with Crippen LogP contribution in [-0.2, 0) is 5.41 Å². The summed E-state index contributed by atoms with van der Waals surface area (Å²) in [5.41, 5.74) is 1.65. The van der Waals surface area contributed by atoms with E-state index < -0.39 is 0 Å². The molecule has 0 radical (unpaired) electrons. The summed E-state index contributed by atoms with van der Waals surface area (Å²) in [5.74, 6) is -0.143. The van der Waals surface area contributed by atoms with Crippen LogP contribution in [0.5, 0.6) is 0 Å². The first kappa shape index (κ1) is 10.6. The van der Waals surface area contributed by atoms with Crippen molar-refractivity contribution in [3.8, 4) is 0 Å². The van der Waals surface area contributed by atoms with E-state index in [1.165, 1.54) is 0 Å². The Morgan fingerprint density at radius 2 is 2.20 bits per heavy atom. The molecular formula is C13H17FO. The summed E-state index contributed by atoms with van der Waals surface area (Å²) in [6, 6.07) is 5.42. The van der Waals surface area contributed by atoms with E-state index in [1.54, 1.807) is 13.0 Å². The van der Waals surface area contributed by atoms with Crippen molar-refractivity contribution in [3.63, 3.8) is 0 Å². The first-order chi connectivity index (χ1) is 7.01. The van der Waals surface area contributed by atoms with Gasteiger partial charge in [-0.1, -0.05) is 19.1 Å². The Bertz CT molecular complexity index is 375. The van der Waals surface area contributed by atoms with Gasteiger partial charge in [0.2, 0.25) is 0 Å². The first-order valence-electron chi connectivity index (χ1n) is 5.46. The zero-order valence-corrected chi connectivity index (χ0v) is 9.26. The van der Waals surface area contributed by atoms with E-state index in [0.717, 1.165) is 24.8 Å². The highest BCUT2D eigenvalue weighted by Gasteiger charge is 2.35. The van der Waals surface area contributed by atoms with Crippen molar-refractivity contribution < 1.29 is 9.50 Å². The summed E-state index contributed by atoms with van der Waals surface area (Å²) < 4.78 is 13.4. The van der Waals surface area contributed by atoms with Crippen LogP contribution in [-0.4, -0.2) is 11.2 Å². The molecule has 1 aromatic rings. The molecule has 1 aromatic carbocycles. The van der Waals surface area contributed by atoms with Crippen LogP contribution in [0.3, 0.4) is 0 Å². The molecule has 0 amide bonds. The molecule has 2 atom stereocenters. The van der Waals surface area contributed by atoms with E-state index >= 15 is 0 Å². The van der Waals surface area contributed by atoms with E-state index in [-0.39, 0.29) is 17.3 Å². The number of benzene rings is 1. The molecular weight excluding hydrogens is 191 g/mol. The lowest BCUT2D eigenvalue weighted by atomic mass is 9.80. The fourth-order valence-corrected chi connectivity index (χ4v) is 2.44. The normalized spacial score (nSPS) is 30.8. The van der Waals surface area contributed by atoms with E-state index in [9.17, 15) is 9.50 Å². The smallest absolute Gasteiger partial charge is 0.126 e. The van der Waals surface area contributed by atoms with Gasteiger partial charge in [-0.05, 0) is 48.8 Å². The molecule has 0 aromatic heterocycles. The monoisotopic (exact) mass is 208 g/mol. The van der Waals surface area contributed by atoms with Crippen molar-refractivity contribution >= 4 is 0 Å². The fraction of sp³-hybridized carbons (Fsp3) is 0.538. The van der Waals surface area contributed by atoms with Gasteiger partial charge < -0.3 is 5.11 Å². The zero-order valence-electron chi connectivity index (χ0n) is 9.26. The van der Waals surface area contributed by atoms with Crippen molar-refractivity contribution in [2.24, 2.45) is 0 Å². The summed E-state index contributed by atoms with van der Waals surface area (Å²) in [4.78, 5) is 0. The summed E-state index contributed by atoms with van der Waals surface area (Å²) in [6.07, 6.45) is 2.29. The standard InChI is InChI=1S/C13H17FO/c1-9-3-4-10(7-12(9)14)13(2)6-5-11(15)8-13/h3-4,7,11,15H,5-6,8H2,1-2H3. The van der Waals surface area contributed by atoms with Crippen molar-refractivity contribution in [1.29, 1.82) is 0 Å². The molecule has 1 saturated carbocycles. The third kappa shape index (κ3) is 1.91. The van der Waals surface area contributed by atoms with E-state index in [2.05, 4.69) is 6.92 Å². The van der Waals surface area contributed by atoms with E-state index in [4.69, 9.17) is 0 Å². The molecule has 0 aliphatic heterocycles. The summed E-state index contributed by atoms with van der Waals surface area (Å²) >= 11 is 0. The highest BCUT2D eigenvalue weighted by atomic mass is 19.1. The van der Waals surface area contributed by atoms with Gasteiger partial charge in [-0.15, -0.1) is 0 Å². The Kier molecular flexibility index (Phi) is 2.55. The van der Waals surface area contributed by atoms with Crippen LogP contribution >= 0.6 is 0 Å². The second-order valence-electron chi connectivity index (χ2n) is 4.92. The Morgan fingerprint density at radius 3 is 2.73 bits per heavy atom. The lowest BCUT2D eigenvalue weighted by Gasteiger charge is -2.24. The minimum atomic E-state index is -0.223. The molecule has 2 rings (SSSR count). The number of halogens is 1. The molecule has 1 aliphatic rings. The van der Waals surface area contributed by atoms with Crippen LogP contribution in [0.25, 0.3) is 0 Å². The minimum absolute atomic E-state index is 0.0477. The molecule has 0 heterocycles. The zero-order chi connectivity index (χ0) is 11.1. The molecule has 0 spiro atoms. The average Bonchev–Trinajstić information content (AvgIpc) is 2.52. The maximum atomic E-state index is 13.4. The topological polar surface area (TPSA) is 20.2 Å². The Hall–Kier alpha value is -0.890. The molecule has 0 saturated heterocycles. The molecule has 0 bridgehead atoms. The Morgan fingerprint density at radius 1 is 1.47 bits per heavy atom. The SMILES string of the molecule is Cc1ccc(C2(C)CCC(O)C2)cc1F. The van der Waals surface area contributed by atoms with Crippen LogP contribution in [0, 0.1) is 12.7 Å². The van der Waals surface area contributed by atoms with Gasteiger partial charge in [-0.25, -0.2) is 4.39 Å². The number of aliphatic hydroxyl groups is 1. The predicted octanol–water partition coefficient (Wildman–Crippen LogP) is 2.94. The summed E-state index contributed by atoms with van der Waals surface area (Å²) in [6.45, 7) is 3.87. The van der Waals surface area contributed by atoms with Gasteiger partial charge in [0.25, 0.3) is 0 Å². The van der Waals surface area contributed by atoms with Crippen LogP contribution < -0.4 is 0 Å². The van der Waals surface area contributed by atoms with Gasteiger partial charge in [-0.3, -0.25) is 0 Å². The van der Waals surface area contributed by atoms with Crippen LogP contribution in [0.4, 0.5) is 4.39 Å². The lowest BCUT2D eigenvalue weighted by Crippen LogP contribution is -2.19. The van der Waals surface area contributed by atoms with Crippen LogP contribution in [0.1, 0.15) is 37.3 Å². The van der Waals surface area contributed by atoms with Gasteiger partial charge in [0, 0.05) is 0 Å². The van der Waals surface area contributed by atoms with Crippen molar-refractivity contribution in [2.75, 3.05) is 0 Å². The molecule has 1 nitrogen and oxygen atoms in total. The highest BCUT2D eigenvalue weighted by molar-refractivity contribution is 5.30. The predicted molar refractivity (Wildman–Crippen MR) is 58.3 cm³/mol. The maximum absolute atomic E-state index is 13.4. The summed E-state index contributed by atoms with van der Waals surface area (Å²) in [5, 5.41) is 9.56. The van der Waals surface area contributed by atoms with Gasteiger partial charge in [0.05, 0.1) is 6.10 Å². The number of aryl methyl sites for hydroxylation is 1. The van der Waals surface area contributed by atoms with Crippen molar-refractivity contribution in [1.82, 2.24) is 0 Å². The second-order valence-corrected chi connectivity index (χ2v) is 4.92. The molecule has 2 unspecified atom stereocenters. The largest absolute Gasteiger partial charge is 0.393 e. The number of aliphatic hydroxyl groups excluding tert-OH is 1.